The number of hydrogen-bond acceptors (Lipinski definition) is 7. The van der Waals surface area contributed by atoms with E-state index in [0.717, 1.165) is 0 Å². The third-order valence-corrected chi connectivity index (χ3v) is 2.21. The van der Waals surface area contributed by atoms with Crippen LogP contribution in [0.4, 0.5) is 11.6 Å². The molecule has 0 saturated heterocycles. The van der Waals surface area contributed by atoms with Crippen LogP contribution in [-0.2, 0) is 4.74 Å². The number of methoxy groups -OCH3 is 1. The Labute approximate surface area is 107 Å². The second-order valence-corrected chi connectivity index (χ2v) is 3.58. The van der Waals surface area contributed by atoms with E-state index in [9.17, 15) is 9.59 Å². The maximum Gasteiger partial charge on any atom is 0.356 e. The van der Waals surface area contributed by atoms with Crippen LogP contribution in [-0.4, -0.2) is 33.0 Å². The van der Waals surface area contributed by atoms with Crippen molar-refractivity contribution >= 4 is 17.6 Å². The second-order valence-electron chi connectivity index (χ2n) is 3.58. The van der Waals surface area contributed by atoms with Crippen LogP contribution in [0.5, 0.6) is 0 Å². The van der Waals surface area contributed by atoms with Gasteiger partial charge < -0.3 is 15.0 Å². The van der Waals surface area contributed by atoms with Gasteiger partial charge in [-0.25, -0.2) is 19.7 Å². The van der Waals surface area contributed by atoms with Crippen LogP contribution in [0, 0.1) is 6.92 Å². The van der Waals surface area contributed by atoms with Crippen LogP contribution in [0.3, 0.4) is 0 Å². The molecule has 0 bridgehead atoms. The molecule has 98 valence electrons. The standard InChI is InChI=1S/C11H11N5O3/c1-6-12-4-3-8(14-6)16-9-10(17)15-7(5-13-9)11(18)19-2/h3-5H,1-2H3,(H,15,17)(H,12,13,14,16). The molecular formula is C11H11N5O3. The van der Waals surface area contributed by atoms with Gasteiger partial charge in [-0.1, -0.05) is 0 Å². The average molecular weight is 261 g/mol. The van der Waals surface area contributed by atoms with Gasteiger partial charge in [-0.3, -0.25) is 4.79 Å². The van der Waals surface area contributed by atoms with Crippen LogP contribution in [0.15, 0.2) is 23.3 Å². The zero-order valence-electron chi connectivity index (χ0n) is 10.3. The summed E-state index contributed by atoms with van der Waals surface area (Å²) < 4.78 is 4.48. The summed E-state index contributed by atoms with van der Waals surface area (Å²) in [6.07, 6.45) is 2.77. The van der Waals surface area contributed by atoms with Gasteiger partial charge in [0.2, 0.25) is 0 Å². The highest BCUT2D eigenvalue weighted by molar-refractivity contribution is 5.86. The summed E-state index contributed by atoms with van der Waals surface area (Å²) in [4.78, 5) is 37.2. The number of anilines is 2. The number of carbonyl (C=O) groups excluding carboxylic acids is 1. The normalized spacial score (nSPS) is 10.0. The predicted octanol–water partition coefficient (Wildman–Crippen LogP) is 0.399. The lowest BCUT2D eigenvalue weighted by Crippen LogP contribution is -2.19. The molecule has 2 aromatic heterocycles. The monoisotopic (exact) mass is 261 g/mol. The van der Waals surface area contributed by atoms with E-state index in [4.69, 9.17) is 0 Å². The van der Waals surface area contributed by atoms with E-state index < -0.39 is 11.5 Å². The molecule has 19 heavy (non-hydrogen) atoms. The summed E-state index contributed by atoms with van der Waals surface area (Å²) in [6.45, 7) is 1.73. The lowest BCUT2D eigenvalue weighted by atomic mass is 10.4. The van der Waals surface area contributed by atoms with Gasteiger partial charge in [0.25, 0.3) is 5.56 Å². The summed E-state index contributed by atoms with van der Waals surface area (Å²) in [6, 6.07) is 1.60. The van der Waals surface area contributed by atoms with Crippen LogP contribution in [0.25, 0.3) is 0 Å². The Kier molecular flexibility index (Phi) is 3.51. The van der Waals surface area contributed by atoms with Crippen LogP contribution >= 0.6 is 0 Å². The van der Waals surface area contributed by atoms with Gasteiger partial charge in [0.1, 0.15) is 17.3 Å². The van der Waals surface area contributed by atoms with E-state index in [-0.39, 0.29) is 11.5 Å². The van der Waals surface area contributed by atoms with E-state index in [0.29, 0.717) is 11.6 Å². The molecule has 0 amide bonds. The fourth-order valence-electron chi connectivity index (χ4n) is 1.35. The number of esters is 1. The molecule has 0 atom stereocenters. The lowest BCUT2D eigenvalue weighted by Gasteiger charge is -2.04. The largest absolute Gasteiger partial charge is 0.464 e. The molecule has 2 N–H and O–H groups in total. The molecule has 8 nitrogen and oxygen atoms in total. The third-order valence-electron chi connectivity index (χ3n) is 2.21. The summed E-state index contributed by atoms with van der Waals surface area (Å²) in [7, 11) is 1.22. The first-order chi connectivity index (χ1) is 9.10. The molecule has 0 radical (unpaired) electrons. The number of carbonyl (C=O) groups is 1. The van der Waals surface area contributed by atoms with Crippen molar-refractivity contribution in [3.8, 4) is 0 Å². The number of ether oxygens (including phenoxy) is 1. The number of H-pyrrole nitrogens is 1. The molecule has 0 unspecified atom stereocenters. The van der Waals surface area contributed by atoms with Crippen LogP contribution < -0.4 is 10.9 Å². The number of aryl methyl sites for hydroxylation is 1. The van der Waals surface area contributed by atoms with Crippen LogP contribution in [0.1, 0.15) is 16.3 Å². The maximum atomic E-state index is 11.7. The van der Waals surface area contributed by atoms with E-state index in [1.54, 1.807) is 19.2 Å². The second kappa shape index (κ2) is 5.25. The molecule has 8 heteroatoms. The zero-order chi connectivity index (χ0) is 13.8. The Morgan fingerprint density at radius 1 is 1.42 bits per heavy atom. The number of aromatic amines is 1. The fraction of sp³-hybridized carbons (Fsp3) is 0.182. The number of aromatic nitrogens is 4. The van der Waals surface area contributed by atoms with Gasteiger partial charge >= 0.3 is 5.97 Å². The Bertz CT molecular complexity index is 667. The van der Waals surface area contributed by atoms with E-state index >= 15 is 0 Å². The number of hydrogen-bond donors (Lipinski definition) is 2. The number of nitrogens with zero attached hydrogens (tertiary/aromatic N) is 3. The van der Waals surface area contributed by atoms with Gasteiger partial charge in [-0.2, -0.15) is 0 Å². The van der Waals surface area contributed by atoms with Crippen molar-refractivity contribution in [3.63, 3.8) is 0 Å². The summed E-state index contributed by atoms with van der Waals surface area (Å²) in [5.41, 5.74) is -0.559. The Morgan fingerprint density at radius 2 is 2.21 bits per heavy atom. The molecule has 0 aliphatic heterocycles. The summed E-state index contributed by atoms with van der Waals surface area (Å²) in [5, 5.41) is 2.74. The Balaban J connectivity index is 2.27. The lowest BCUT2D eigenvalue weighted by molar-refractivity contribution is 0.0593. The minimum atomic E-state index is -0.658. The van der Waals surface area contributed by atoms with Crippen molar-refractivity contribution in [3.05, 3.63) is 40.3 Å². The number of rotatable bonds is 3. The smallest absolute Gasteiger partial charge is 0.356 e. The summed E-state index contributed by atoms with van der Waals surface area (Å²) >= 11 is 0. The highest BCUT2D eigenvalue weighted by atomic mass is 16.5. The Morgan fingerprint density at radius 3 is 2.84 bits per heavy atom. The molecule has 0 aromatic carbocycles. The fourth-order valence-corrected chi connectivity index (χ4v) is 1.35. The zero-order valence-corrected chi connectivity index (χ0v) is 10.3. The predicted molar refractivity (Wildman–Crippen MR) is 66.2 cm³/mol. The highest BCUT2D eigenvalue weighted by Crippen LogP contribution is 2.07. The molecule has 0 spiro atoms. The molecule has 0 fully saturated rings. The minimum Gasteiger partial charge on any atom is -0.464 e. The van der Waals surface area contributed by atoms with E-state index in [1.807, 2.05) is 0 Å². The van der Waals surface area contributed by atoms with Gasteiger partial charge in [0.05, 0.1) is 13.3 Å². The average Bonchev–Trinajstić information content (AvgIpc) is 2.40. The minimum absolute atomic E-state index is 0.0167. The molecule has 0 aliphatic carbocycles. The third kappa shape index (κ3) is 2.92. The maximum absolute atomic E-state index is 11.7. The van der Waals surface area contributed by atoms with Gasteiger partial charge in [-0.05, 0) is 13.0 Å². The summed E-state index contributed by atoms with van der Waals surface area (Å²) in [5.74, 6) is 0.378. The van der Waals surface area contributed by atoms with Crippen molar-refractivity contribution in [2.45, 2.75) is 6.92 Å². The number of nitrogens with one attached hydrogen (secondary N) is 2. The quantitative estimate of drug-likeness (QED) is 0.769. The van der Waals surface area contributed by atoms with E-state index in [2.05, 4.69) is 30.0 Å². The molecular weight excluding hydrogens is 250 g/mol. The van der Waals surface area contributed by atoms with Crippen molar-refractivity contribution in [1.82, 2.24) is 19.9 Å². The van der Waals surface area contributed by atoms with Crippen molar-refractivity contribution in [2.75, 3.05) is 12.4 Å². The molecule has 0 saturated carbocycles. The Hall–Kier alpha value is -2.77. The molecule has 2 rings (SSSR count). The van der Waals surface area contributed by atoms with Gasteiger partial charge in [-0.15, -0.1) is 0 Å². The van der Waals surface area contributed by atoms with E-state index in [1.165, 1.54) is 13.3 Å². The van der Waals surface area contributed by atoms with Gasteiger partial charge in [0.15, 0.2) is 5.82 Å². The van der Waals surface area contributed by atoms with Crippen molar-refractivity contribution in [2.24, 2.45) is 0 Å². The first-order valence-corrected chi connectivity index (χ1v) is 5.34. The van der Waals surface area contributed by atoms with Crippen LogP contribution in [0.2, 0.25) is 0 Å². The topological polar surface area (TPSA) is 110 Å². The molecule has 2 aromatic rings. The first-order valence-electron chi connectivity index (χ1n) is 5.34. The van der Waals surface area contributed by atoms with Crippen molar-refractivity contribution < 1.29 is 9.53 Å². The highest BCUT2D eigenvalue weighted by Gasteiger charge is 2.10. The first kappa shape index (κ1) is 12.7. The molecule has 2 heterocycles. The SMILES string of the molecule is COC(=O)c1cnc(Nc2ccnc(C)n2)c(=O)[nH]1. The van der Waals surface area contributed by atoms with Gasteiger partial charge in [0, 0.05) is 6.20 Å². The van der Waals surface area contributed by atoms with Crippen molar-refractivity contribution in [1.29, 1.82) is 0 Å². The molecule has 0 aliphatic rings.